The Balaban J connectivity index is 2.80. The van der Waals surface area contributed by atoms with Gasteiger partial charge in [0.1, 0.15) is 0 Å². The van der Waals surface area contributed by atoms with Gasteiger partial charge in [-0.1, -0.05) is 0 Å². The highest BCUT2D eigenvalue weighted by atomic mass is 32.1. The zero-order chi connectivity index (χ0) is 13.8. The molecule has 1 aromatic heterocycles. The summed E-state index contributed by atoms with van der Waals surface area (Å²) in [7, 11) is 5.26. The summed E-state index contributed by atoms with van der Waals surface area (Å²) in [4.78, 5) is 6.59. The number of nitrogens with zero attached hydrogens (tertiary/aromatic N) is 2. The van der Waals surface area contributed by atoms with E-state index in [2.05, 4.69) is 15.3 Å². The number of hydrogen-bond acceptors (Lipinski definition) is 6. The van der Waals surface area contributed by atoms with E-state index in [1.165, 1.54) is 0 Å². The molecule has 1 heterocycles. The number of thiazole rings is 1. The van der Waals surface area contributed by atoms with E-state index in [0.717, 1.165) is 17.2 Å². The van der Waals surface area contributed by atoms with Crippen LogP contribution in [0, 0.1) is 6.92 Å². The number of aryl methyl sites for hydroxylation is 1. The lowest BCUT2D eigenvalue weighted by atomic mass is 9.99. The second-order valence-corrected chi connectivity index (χ2v) is 5.64. The largest absolute Gasteiger partial charge is 0.354 e. The van der Waals surface area contributed by atoms with Crippen molar-refractivity contribution in [1.82, 2.24) is 9.88 Å². The van der Waals surface area contributed by atoms with E-state index in [1.54, 1.807) is 25.6 Å². The van der Waals surface area contributed by atoms with Crippen molar-refractivity contribution in [2.24, 2.45) is 5.73 Å². The number of methoxy groups -OCH3 is 2. The first-order valence-corrected chi connectivity index (χ1v) is 6.73. The zero-order valence-electron chi connectivity index (χ0n) is 11.8. The second kappa shape index (κ2) is 6.58. The van der Waals surface area contributed by atoms with Crippen LogP contribution >= 0.6 is 11.3 Å². The molecule has 0 spiro atoms. The second-order valence-electron chi connectivity index (χ2n) is 4.58. The minimum atomic E-state index is -0.388. The van der Waals surface area contributed by atoms with Gasteiger partial charge in [0.05, 0.1) is 16.2 Å². The molecule has 1 aromatic rings. The van der Waals surface area contributed by atoms with Crippen molar-refractivity contribution in [1.29, 1.82) is 0 Å². The average Bonchev–Trinajstić information content (AvgIpc) is 2.75. The summed E-state index contributed by atoms with van der Waals surface area (Å²) in [6.45, 7) is 5.20. The average molecular weight is 273 g/mol. The third kappa shape index (κ3) is 3.27. The molecule has 0 aliphatic heterocycles. The Kier molecular flexibility index (Phi) is 5.68. The third-order valence-electron chi connectivity index (χ3n) is 3.29. The van der Waals surface area contributed by atoms with Gasteiger partial charge in [0.25, 0.3) is 0 Å². The molecule has 1 unspecified atom stereocenters. The molecular weight excluding hydrogens is 250 g/mol. The predicted octanol–water partition coefficient (Wildman–Crippen LogP) is 1.22. The van der Waals surface area contributed by atoms with Gasteiger partial charge in [-0.2, -0.15) is 0 Å². The SMILES string of the molecule is COC(OC)C(C)(CN)N(C)Cc1csc(C)n1. The number of hydrogen-bond donors (Lipinski definition) is 1. The van der Waals surface area contributed by atoms with Crippen molar-refractivity contribution in [3.63, 3.8) is 0 Å². The maximum Gasteiger partial charge on any atom is 0.176 e. The standard InChI is InChI=1S/C12H23N3O2S/c1-9-14-10(7-18-9)6-15(3)12(2,8-13)11(16-4)17-5/h7,11H,6,8,13H2,1-5H3. The molecule has 6 heteroatoms. The molecule has 0 aliphatic carbocycles. The minimum absolute atomic E-state index is 0.368. The molecule has 0 bridgehead atoms. The van der Waals surface area contributed by atoms with Crippen LogP contribution in [-0.2, 0) is 16.0 Å². The van der Waals surface area contributed by atoms with Gasteiger partial charge in [-0.25, -0.2) is 4.98 Å². The Bertz CT molecular complexity index is 368. The van der Waals surface area contributed by atoms with Gasteiger partial charge in [-0.05, 0) is 20.9 Å². The highest BCUT2D eigenvalue weighted by Crippen LogP contribution is 2.22. The lowest BCUT2D eigenvalue weighted by Crippen LogP contribution is -2.58. The molecule has 0 aromatic carbocycles. The maximum absolute atomic E-state index is 5.90. The summed E-state index contributed by atoms with van der Waals surface area (Å²) >= 11 is 1.65. The van der Waals surface area contributed by atoms with E-state index in [9.17, 15) is 0 Å². The van der Waals surface area contributed by atoms with E-state index >= 15 is 0 Å². The van der Waals surface area contributed by atoms with Crippen LogP contribution in [0.4, 0.5) is 0 Å². The summed E-state index contributed by atoms with van der Waals surface area (Å²) in [6.07, 6.45) is -0.368. The molecule has 0 saturated heterocycles. The molecule has 0 fully saturated rings. The van der Waals surface area contributed by atoms with E-state index in [0.29, 0.717) is 6.54 Å². The number of rotatable bonds is 7. The Morgan fingerprint density at radius 1 is 1.50 bits per heavy atom. The Labute approximate surface area is 113 Å². The monoisotopic (exact) mass is 273 g/mol. The highest BCUT2D eigenvalue weighted by molar-refractivity contribution is 7.09. The molecule has 1 rings (SSSR count). The fourth-order valence-corrected chi connectivity index (χ4v) is 2.54. The quantitative estimate of drug-likeness (QED) is 0.757. The molecule has 2 N–H and O–H groups in total. The smallest absolute Gasteiger partial charge is 0.176 e. The van der Waals surface area contributed by atoms with Gasteiger partial charge < -0.3 is 15.2 Å². The fraction of sp³-hybridized carbons (Fsp3) is 0.750. The van der Waals surface area contributed by atoms with Crippen LogP contribution in [0.2, 0.25) is 0 Å². The summed E-state index contributed by atoms with van der Waals surface area (Å²) in [6, 6.07) is 0. The van der Waals surface area contributed by atoms with Crippen LogP contribution in [0.3, 0.4) is 0 Å². The Morgan fingerprint density at radius 3 is 2.50 bits per heavy atom. The van der Waals surface area contributed by atoms with Crippen LogP contribution in [0.1, 0.15) is 17.6 Å². The molecule has 0 aliphatic rings. The summed E-state index contributed by atoms with van der Waals surface area (Å²) in [5, 5.41) is 3.14. The van der Waals surface area contributed by atoms with Gasteiger partial charge in [-0.15, -0.1) is 11.3 Å². The first kappa shape index (κ1) is 15.5. The van der Waals surface area contributed by atoms with Crippen LogP contribution in [0.25, 0.3) is 0 Å². The zero-order valence-corrected chi connectivity index (χ0v) is 12.6. The summed E-state index contributed by atoms with van der Waals surface area (Å²) < 4.78 is 10.7. The Hall–Kier alpha value is -0.530. The number of aromatic nitrogens is 1. The molecule has 0 amide bonds. The molecule has 104 valence electrons. The lowest BCUT2D eigenvalue weighted by molar-refractivity contribution is -0.178. The van der Waals surface area contributed by atoms with Crippen molar-refractivity contribution in [3.05, 3.63) is 16.1 Å². The van der Waals surface area contributed by atoms with Crippen molar-refractivity contribution in [3.8, 4) is 0 Å². The molecule has 5 nitrogen and oxygen atoms in total. The van der Waals surface area contributed by atoms with Crippen molar-refractivity contribution >= 4 is 11.3 Å². The molecule has 1 atom stereocenters. The fourth-order valence-electron chi connectivity index (χ4n) is 1.94. The van der Waals surface area contributed by atoms with Gasteiger partial charge in [0.2, 0.25) is 0 Å². The van der Waals surface area contributed by atoms with Crippen LogP contribution in [0.15, 0.2) is 5.38 Å². The highest BCUT2D eigenvalue weighted by Gasteiger charge is 2.37. The topological polar surface area (TPSA) is 60.6 Å². The first-order valence-electron chi connectivity index (χ1n) is 5.85. The minimum Gasteiger partial charge on any atom is -0.354 e. The number of nitrogens with two attached hydrogens (primary N) is 1. The number of likely N-dealkylation sites (N-methyl/N-ethyl adjacent to an activating group) is 1. The van der Waals surface area contributed by atoms with Crippen LogP contribution < -0.4 is 5.73 Å². The summed E-state index contributed by atoms with van der Waals surface area (Å²) in [5.41, 5.74) is 6.56. The summed E-state index contributed by atoms with van der Waals surface area (Å²) in [5.74, 6) is 0. The predicted molar refractivity (Wildman–Crippen MR) is 73.6 cm³/mol. The molecule has 0 radical (unpaired) electrons. The maximum atomic E-state index is 5.90. The lowest BCUT2D eigenvalue weighted by Gasteiger charge is -2.41. The van der Waals surface area contributed by atoms with Gasteiger partial charge >= 0.3 is 0 Å². The van der Waals surface area contributed by atoms with Gasteiger partial charge in [0, 0.05) is 32.7 Å². The van der Waals surface area contributed by atoms with Crippen LogP contribution in [-0.4, -0.2) is 49.5 Å². The normalized spacial score (nSPS) is 15.3. The van der Waals surface area contributed by atoms with Crippen molar-refractivity contribution < 1.29 is 9.47 Å². The van der Waals surface area contributed by atoms with E-state index in [4.69, 9.17) is 15.2 Å². The van der Waals surface area contributed by atoms with Crippen molar-refractivity contribution in [2.75, 3.05) is 27.8 Å². The van der Waals surface area contributed by atoms with E-state index in [1.807, 2.05) is 20.9 Å². The van der Waals surface area contributed by atoms with Crippen molar-refractivity contribution in [2.45, 2.75) is 32.2 Å². The van der Waals surface area contributed by atoms with E-state index < -0.39 is 0 Å². The Morgan fingerprint density at radius 2 is 2.11 bits per heavy atom. The third-order valence-corrected chi connectivity index (χ3v) is 4.11. The number of ether oxygens (including phenoxy) is 2. The van der Waals surface area contributed by atoms with E-state index in [-0.39, 0.29) is 11.8 Å². The van der Waals surface area contributed by atoms with Crippen LogP contribution in [0.5, 0.6) is 0 Å². The van der Waals surface area contributed by atoms with Gasteiger partial charge in [0.15, 0.2) is 6.29 Å². The molecule has 18 heavy (non-hydrogen) atoms. The molecular formula is C12H23N3O2S. The molecule has 0 saturated carbocycles. The van der Waals surface area contributed by atoms with Gasteiger partial charge in [-0.3, -0.25) is 4.90 Å². The first-order chi connectivity index (χ1) is 8.47.